The third-order valence-electron chi connectivity index (χ3n) is 5.43. The molecule has 1 saturated heterocycles. The summed E-state index contributed by atoms with van der Waals surface area (Å²) in [6, 6.07) is 18.3. The molecule has 31 heavy (non-hydrogen) atoms. The van der Waals surface area contributed by atoms with E-state index in [0.717, 1.165) is 49.7 Å². The molecule has 1 fully saturated rings. The number of aliphatic imine (C=N–C) groups is 1. The first kappa shape index (κ1) is 22.8. The second-order valence-corrected chi connectivity index (χ2v) is 8.00. The van der Waals surface area contributed by atoms with E-state index in [1.165, 1.54) is 5.56 Å². The Morgan fingerprint density at radius 1 is 1.13 bits per heavy atom. The molecule has 1 unspecified atom stereocenters. The highest BCUT2D eigenvalue weighted by Crippen LogP contribution is 2.18. The van der Waals surface area contributed by atoms with Gasteiger partial charge in [-0.2, -0.15) is 0 Å². The van der Waals surface area contributed by atoms with Crippen LogP contribution in [0.2, 0.25) is 0 Å². The molecule has 0 saturated carbocycles. The summed E-state index contributed by atoms with van der Waals surface area (Å²) in [5.41, 5.74) is 3.20. The number of benzene rings is 2. The van der Waals surface area contributed by atoms with Crippen molar-refractivity contribution in [1.82, 2.24) is 10.2 Å². The minimum Gasteiger partial charge on any atom is -0.376 e. The van der Waals surface area contributed by atoms with Crippen LogP contribution in [0.4, 0.5) is 5.69 Å². The van der Waals surface area contributed by atoms with Gasteiger partial charge in [-0.15, -0.1) is 0 Å². The number of likely N-dealkylation sites (tertiary alicyclic amines) is 1. The van der Waals surface area contributed by atoms with Crippen molar-refractivity contribution < 1.29 is 9.53 Å². The predicted molar refractivity (Wildman–Crippen MR) is 126 cm³/mol. The van der Waals surface area contributed by atoms with Gasteiger partial charge in [-0.3, -0.25) is 9.79 Å². The highest BCUT2D eigenvalue weighted by atomic mass is 16.5. The van der Waals surface area contributed by atoms with Gasteiger partial charge in [0.2, 0.25) is 5.91 Å². The smallest absolute Gasteiger partial charge is 0.224 e. The summed E-state index contributed by atoms with van der Waals surface area (Å²) in [7, 11) is 1.83. The Morgan fingerprint density at radius 2 is 1.90 bits per heavy atom. The van der Waals surface area contributed by atoms with Crippen LogP contribution < -0.4 is 10.6 Å². The maximum Gasteiger partial charge on any atom is 0.224 e. The minimum absolute atomic E-state index is 0.0603. The van der Waals surface area contributed by atoms with Gasteiger partial charge in [0, 0.05) is 44.7 Å². The molecule has 0 aromatic heterocycles. The Balaban J connectivity index is 1.40. The molecule has 0 spiro atoms. The largest absolute Gasteiger partial charge is 0.376 e. The molecule has 2 aromatic carbocycles. The summed E-state index contributed by atoms with van der Waals surface area (Å²) in [5.74, 6) is 1.50. The third kappa shape index (κ3) is 7.40. The number of anilines is 1. The minimum atomic E-state index is 0.0603. The second kappa shape index (κ2) is 12.1. The van der Waals surface area contributed by atoms with Crippen molar-refractivity contribution in [3.63, 3.8) is 0 Å². The summed E-state index contributed by atoms with van der Waals surface area (Å²) in [6.45, 7) is 6.08. The topological polar surface area (TPSA) is 66.0 Å². The van der Waals surface area contributed by atoms with Crippen molar-refractivity contribution >= 4 is 17.6 Å². The number of rotatable bonds is 9. The van der Waals surface area contributed by atoms with E-state index in [1.807, 2.05) is 56.4 Å². The molecule has 1 amide bonds. The summed E-state index contributed by atoms with van der Waals surface area (Å²) in [6.07, 6.45) is 2.51. The van der Waals surface area contributed by atoms with Crippen molar-refractivity contribution in [2.75, 3.05) is 32.1 Å². The maximum atomic E-state index is 11.7. The highest BCUT2D eigenvalue weighted by Gasteiger charge is 2.24. The Kier molecular flexibility index (Phi) is 8.91. The Labute approximate surface area is 185 Å². The first-order valence-electron chi connectivity index (χ1n) is 11.1. The van der Waals surface area contributed by atoms with E-state index in [1.54, 1.807) is 0 Å². The van der Waals surface area contributed by atoms with Crippen LogP contribution in [-0.2, 0) is 22.7 Å². The van der Waals surface area contributed by atoms with E-state index in [2.05, 4.69) is 32.7 Å². The SMILES string of the molecule is CCCC(=O)Nc1ccc(CNC(=NC)N2CCC(COCc3ccccc3)C2)cc1. The predicted octanol–water partition coefficient (Wildman–Crippen LogP) is 4.04. The molecule has 1 aliphatic heterocycles. The molecule has 166 valence electrons. The van der Waals surface area contributed by atoms with Crippen LogP contribution in [0.1, 0.15) is 37.3 Å². The summed E-state index contributed by atoms with van der Waals surface area (Å²) < 4.78 is 5.93. The van der Waals surface area contributed by atoms with Crippen LogP contribution >= 0.6 is 0 Å². The van der Waals surface area contributed by atoms with E-state index in [4.69, 9.17) is 4.74 Å². The second-order valence-electron chi connectivity index (χ2n) is 8.00. The number of ether oxygens (including phenoxy) is 1. The fourth-order valence-electron chi connectivity index (χ4n) is 3.75. The number of hydrogen-bond donors (Lipinski definition) is 2. The van der Waals surface area contributed by atoms with Crippen LogP contribution in [0.5, 0.6) is 0 Å². The lowest BCUT2D eigenvalue weighted by Gasteiger charge is -2.22. The van der Waals surface area contributed by atoms with Gasteiger partial charge in [0.1, 0.15) is 0 Å². The molecule has 0 radical (unpaired) electrons. The van der Waals surface area contributed by atoms with Crippen molar-refractivity contribution in [3.8, 4) is 0 Å². The van der Waals surface area contributed by atoms with Crippen LogP contribution in [0.15, 0.2) is 59.6 Å². The van der Waals surface area contributed by atoms with Gasteiger partial charge < -0.3 is 20.3 Å². The van der Waals surface area contributed by atoms with Gasteiger partial charge in [-0.05, 0) is 36.1 Å². The average molecular weight is 423 g/mol. The lowest BCUT2D eigenvalue weighted by atomic mass is 10.1. The molecule has 1 heterocycles. The zero-order valence-electron chi connectivity index (χ0n) is 18.6. The van der Waals surface area contributed by atoms with Crippen LogP contribution in [0.25, 0.3) is 0 Å². The molecule has 6 heteroatoms. The molecule has 6 nitrogen and oxygen atoms in total. The van der Waals surface area contributed by atoms with E-state index in [-0.39, 0.29) is 5.91 Å². The fraction of sp³-hybridized carbons (Fsp3) is 0.440. The number of nitrogens with one attached hydrogen (secondary N) is 2. The fourth-order valence-corrected chi connectivity index (χ4v) is 3.75. The normalized spacial score (nSPS) is 16.4. The van der Waals surface area contributed by atoms with Gasteiger partial charge in [-0.1, -0.05) is 49.4 Å². The number of hydrogen-bond acceptors (Lipinski definition) is 3. The van der Waals surface area contributed by atoms with E-state index in [0.29, 0.717) is 25.5 Å². The van der Waals surface area contributed by atoms with Gasteiger partial charge in [0.05, 0.1) is 13.2 Å². The van der Waals surface area contributed by atoms with Crippen molar-refractivity contribution in [2.45, 2.75) is 39.3 Å². The third-order valence-corrected chi connectivity index (χ3v) is 5.43. The molecule has 3 rings (SSSR count). The first-order valence-corrected chi connectivity index (χ1v) is 11.1. The molecule has 0 bridgehead atoms. The average Bonchev–Trinajstić information content (AvgIpc) is 3.25. The number of carbonyl (C=O) groups is 1. The van der Waals surface area contributed by atoms with Crippen LogP contribution in [0, 0.1) is 5.92 Å². The van der Waals surface area contributed by atoms with Gasteiger partial charge in [0.25, 0.3) is 0 Å². The molecule has 1 aliphatic rings. The lowest BCUT2D eigenvalue weighted by molar-refractivity contribution is -0.116. The van der Waals surface area contributed by atoms with Crippen molar-refractivity contribution in [1.29, 1.82) is 0 Å². The Bertz CT molecular complexity index is 836. The summed E-state index contributed by atoms with van der Waals surface area (Å²) >= 11 is 0. The molecule has 2 N–H and O–H groups in total. The van der Waals surface area contributed by atoms with Gasteiger partial charge in [-0.25, -0.2) is 0 Å². The Hall–Kier alpha value is -2.86. The molecule has 2 aromatic rings. The van der Waals surface area contributed by atoms with E-state index < -0.39 is 0 Å². The maximum absolute atomic E-state index is 11.7. The zero-order chi connectivity index (χ0) is 21.9. The van der Waals surface area contributed by atoms with Crippen molar-refractivity contribution in [2.24, 2.45) is 10.9 Å². The quantitative estimate of drug-likeness (QED) is 0.473. The Morgan fingerprint density at radius 3 is 2.61 bits per heavy atom. The standard InChI is InChI=1S/C25H34N4O2/c1-3-7-24(30)28-23-12-10-20(11-13-23)16-27-25(26-2)29-15-14-22(17-29)19-31-18-21-8-5-4-6-9-21/h4-6,8-13,22H,3,7,14-19H2,1-2H3,(H,26,27)(H,28,30). The molecule has 1 atom stereocenters. The number of guanidine groups is 1. The number of nitrogens with zero attached hydrogens (tertiary/aromatic N) is 2. The van der Waals surface area contributed by atoms with E-state index >= 15 is 0 Å². The number of amides is 1. The molecule has 0 aliphatic carbocycles. The van der Waals surface area contributed by atoms with E-state index in [9.17, 15) is 4.79 Å². The lowest BCUT2D eigenvalue weighted by Crippen LogP contribution is -2.39. The summed E-state index contributed by atoms with van der Waals surface area (Å²) in [5, 5.41) is 6.38. The van der Waals surface area contributed by atoms with Crippen LogP contribution in [0.3, 0.4) is 0 Å². The first-order chi connectivity index (χ1) is 15.2. The zero-order valence-corrected chi connectivity index (χ0v) is 18.6. The van der Waals surface area contributed by atoms with Gasteiger partial charge >= 0.3 is 0 Å². The van der Waals surface area contributed by atoms with Crippen molar-refractivity contribution in [3.05, 3.63) is 65.7 Å². The van der Waals surface area contributed by atoms with Gasteiger partial charge in [0.15, 0.2) is 5.96 Å². The molecular weight excluding hydrogens is 388 g/mol. The molecular formula is C25H34N4O2. The van der Waals surface area contributed by atoms with Crippen LogP contribution in [-0.4, -0.2) is 43.5 Å². The monoisotopic (exact) mass is 422 g/mol. The number of carbonyl (C=O) groups excluding carboxylic acids is 1. The highest BCUT2D eigenvalue weighted by molar-refractivity contribution is 5.90. The summed E-state index contributed by atoms with van der Waals surface area (Å²) in [4.78, 5) is 18.5.